The quantitative estimate of drug-likeness (QED) is 0.642. The van der Waals surface area contributed by atoms with Gasteiger partial charge in [0.25, 0.3) is 0 Å². The van der Waals surface area contributed by atoms with E-state index in [2.05, 4.69) is 16.7 Å². The number of aliphatic hydroxyl groups is 1. The summed E-state index contributed by atoms with van der Waals surface area (Å²) in [6, 6.07) is 16.2. The van der Waals surface area contributed by atoms with Gasteiger partial charge in [0.05, 0.1) is 12.5 Å². The highest BCUT2D eigenvalue weighted by Crippen LogP contribution is 2.28. The number of carbonyl (C=O) groups excluding carboxylic acids is 1. The van der Waals surface area contributed by atoms with E-state index in [4.69, 9.17) is 0 Å². The first-order valence-corrected chi connectivity index (χ1v) is 7.32. The molecule has 1 aromatic heterocycles. The Kier molecular flexibility index (Phi) is 4.09. The maximum atomic E-state index is 10.4. The summed E-state index contributed by atoms with van der Waals surface area (Å²) in [6.07, 6.45) is -0.626. The van der Waals surface area contributed by atoms with Crippen LogP contribution >= 0.6 is 0 Å². The Hall–Kier alpha value is -2.37. The van der Waals surface area contributed by atoms with Crippen LogP contribution in [0.4, 0.5) is 0 Å². The molecule has 0 aliphatic rings. The molecule has 0 fully saturated rings. The lowest BCUT2D eigenvalue weighted by Gasteiger charge is -2.13. The van der Waals surface area contributed by atoms with E-state index in [1.807, 2.05) is 36.4 Å². The van der Waals surface area contributed by atoms with Crippen LogP contribution in [-0.4, -0.2) is 34.8 Å². The number of para-hydroxylation sites is 2. The number of carboxylic acid groups (broad SMARTS) is 1. The number of aromatic nitrogens is 1. The third-order valence-corrected chi connectivity index (χ3v) is 3.82. The van der Waals surface area contributed by atoms with Crippen LogP contribution in [0.1, 0.15) is 0 Å². The number of quaternary nitrogens is 1. The molecule has 5 nitrogen and oxygen atoms in total. The largest absolute Gasteiger partial charge is 0.544 e. The first kappa shape index (κ1) is 14.6. The summed E-state index contributed by atoms with van der Waals surface area (Å²) >= 11 is 0. The second kappa shape index (κ2) is 6.17. The highest BCUT2D eigenvalue weighted by molar-refractivity contribution is 6.07. The molecule has 3 rings (SSSR count). The molecule has 22 heavy (non-hydrogen) atoms. The van der Waals surface area contributed by atoms with Crippen molar-refractivity contribution >= 4 is 27.8 Å². The van der Waals surface area contributed by atoms with Crippen molar-refractivity contribution < 1.29 is 20.3 Å². The number of nitrogens with two attached hydrogens (primary N) is 1. The van der Waals surface area contributed by atoms with Gasteiger partial charge in [0, 0.05) is 21.8 Å². The fourth-order valence-electron chi connectivity index (χ4n) is 2.88. The number of rotatable bonds is 6. The summed E-state index contributed by atoms with van der Waals surface area (Å²) in [7, 11) is 0. The van der Waals surface area contributed by atoms with E-state index in [1.54, 1.807) is 5.32 Å². The number of hydrogen-bond donors (Lipinski definition) is 2. The number of nitrogens with zero attached hydrogens (tertiary/aromatic N) is 1. The van der Waals surface area contributed by atoms with Gasteiger partial charge in [-0.25, -0.2) is 0 Å². The van der Waals surface area contributed by atoms with Crippen molar-refractivity contribution in [3.63, 3.8) is 0 Å². The first-order valence-electron chi connectivity index (χ1n) is 7.32. The van der Waals surface area contributed by atoms with Gasteiger partial charge in [-0.15, -0.1) is 0 Å². The second-order valence-corrected chi connectivity index (χ2v) is 5.40. The van der Waals surface area contributed by atoms with E-state index in [-0.39, 0.29) is 6.54 Å². The van der Waals surface area contributed by atoms with Gasteiger partial charge in [-0.1, -0.05) is 36.4 Å². The number of fused-ring (bicyclic) bond motifs is 3. The molecular weight excluding hydrogens is 280 g/mol. The van der Waals surface area contributed by atoms with Crippen molar-refractivity contribution in [2.75, 3.05) is 13.1 Å². The van der Waals surface area contributed by atoms with E-state index < -0.39 is 12.1 Å². The molecule has 1 heterocycles. The van der Waals surface area contributed by atoms with Crippen LogP contribution in [0.2, 0.25) is 0 Å². The van der Waals surface area contributed by atoms with Gasteiger partial charge < -0.3 is 24.9 Å². The van der Waals surface area contributed by atoms with Gasteiger partial charge in [-0.2, -0.15) is 0 Å². The van der Waals surface area contributed by atoms with Gasteiger partial charge in [0.15, 0.2) is 0 Å². The highest BCUT2D eigenvalue weighted by Gasteiger charge is 2.14. The van der Waals surface area contributed by atoms with Crippen molar-refractivity contribution in [1.29, 1.82) is 0 Å². The zero-order valence-corrected chi connectivity index (χ0v) is 12.1. The van der Waals surface area contributed by atoms with Crippen molar-refractivity contribution in [3.8, 4) is 0 Å². The Bertz CT molecular complexity index is 757. The van der Waals surface area contributed by atoms with Crippen LogP contribution in [0.3, 0.4) is 0 Å². The average molecular weight is 298 g/mol. The Morgan fingerprint density at radius 2 is 1.64 bits per heavy atom. The van der Waals surface area contributed by atoms with Crippen molar-refractivity contribution in [3.05, 3.63) is 48.5 Å². The summed E-state index contributed by atoms with van der Waals surface area (Å²) in [5, 5.41) is 24.5. The normalized spacial score (nSPS) is 12.8. The topological polar surface area (TPSA) is 81.9 Å². The lowest BCUT2D eigenvalue weighted by molar-refractivity contribution is -0.656. The lowest BCUT2D eigenvalue weighted by atomic mass is 10.2. The smallest absolute Gasteiger partial charge is 0.121 e. The molecule has 0 saturated heterocycles. The number of hydrogen-bond acceptors (Lipinski definition) is 3. The summed E-state index contributed by atoms with van der Waals surface area (Å²) in [4.78, 5) is 10.4. The molecule has 0 amide bonds. The molecule has 5 heteroatoms. The van der Waals surface area contributed by atoms with Crippen molar-refractivity contribution in [2.24, 2.45) is 0 Å². The SMILES string of the molecule is O=C([O-])C[NH2+]C[C@@H](O)Cn1c2ccccc2c2ccccc21. The van der Waals surface area contributed by atoms with E-state index >= 15 is 0 Å². The minimum atomic E-state index is -1.12. The van der Waals surface area contributed by atoms with Gasteiger partial charge in [0.2, 0.25) is 0 Å². The molecule has 2 aromatic carbocycles. The molecule has 3 aromatic rings. The number of aliphatic hydroxyl groups excluding tert-OH is 1. The van der Waals surface area contributed by atoms with Gasteiger partial charge in [-0.3, -0.25) is 0 Å². The predicted molar refractivity (Wildman–Crippen MR) is 82.1 cm³/mol. The third kappa shape index (κ3) is 2.81. The molecule has 114 valence electrons. The maximum Gasteiger partial charge on any atom is 0.121 e. The third-order valence-electron chi connectivity index (χ3n) is 3.82. The highest BCUT2D eigenvalue weighted by atomic mass is 16.4. The molecule has 0 unspecified atom stereocenters. The fraction of sp³-hybridized carbons (Fsp3) is 0.235. The van der Waals surface area contributed by atoms with Crippen LogP contribution in [0, 0.1) is 0 Å². The van der Waals surface area contributed by atoms with Gasteiger partial charge in [-0.05, 0) is 12.1 Å². The summed E-state index contributed by atoms with van der Waals surface area (Å²) in [6.45, 7) is 0.622. The number of carbonyl (C=O) groups is 1. The Labute approximate surface area is 127 Å². The summed E-state index contributed by atoms with van der Waals surface area (Å²) in [5.41, 5.74) is 2.14. The Balaban J connectivity index is 1.90. The van der Waals surface area contributed by atoms with E-state index in [0.717, 1.165) is 21.8 Å². The predicted octanol–water partition coefficient (Wildman–Crippen LogP) is -0.531. The number of benzene rings is 2. The zero-order chi connectivity index (χ0) is 15.5. The number of aliphatic carboxylic acids is 1. The standard InChI is InChI=1S/C17H18N2O3/c20-12(9-18-10-17(21)22)11-19-15-7-3-1-5-13(15)14-6-2-4-8-16(14)19/h1-8,12,18,20H,9-11H2,(H,21,22)/t12-/m1/s1. The molecule has 0 aliphatic carbocycles. The molecule has 0 saturated carbocycles. The summed E-state index contributed by atoms with van der Waals surface area (Å²) in [5.74, 6) is -1.12. The Morgan fingerprint density at radius 1 is 1.09 bits per heavy atom. The van der Waals surface area contributed by atoms with Crippen molar-refractivity contribution in [1.82, 2.24) is 4.57 Å². The van der Waals surface area contributed by atoms with Gasteiger partial charge in [0.1, 0.15) is 19.2 Å². The first-order chi connectivity index (χ1) is 10.7. The maximum absolute atomic E-state index is 10.4. The molecule has 0 radical (unpaired) electrons. The summed E-state index contributed by atoms with van der Waals surface area (Å²) < 4.78 is 2.09. The zero-order valence-electron chi connectivity index (χ0n) is 12.1. The van der Waals surface area contributed by atoms with Crippen LogP contribution in [0.15, 0.2) is 48.5 Å². The van der Waals surface area contributed by atoms with Crippen molar-refractivity contribution in [2.45, 2.75) is 12.6 Å². The molecule has 0 aliphatic heterocycles. The Morgan fingerprint density at radius 3 is 2.18 bits per heavy atom. The molecule has 0 bridgehead atoms. The fourth-order valence-corrected chi connectivity index (χ4v) is 2.88. The average Bonchev–Trinajstić information content (AvgIpc) is 2.82. The van der Waals surface area contributed by atoms with E-state index in [9.17, 15) is 15.0 Å². The molecular formula is C17H18N2O3. The number of carboxylic acids is 1. The van der Waals surface area contributed by atoms with E-state index in [0.29, 0.717) is 13.1 Å². The minimum Gasteiger partial charge on any atom is -0.544 e. The lowest BCUT2D eigenvalue weighted by Crippen LogP contribution is -2.89. The van der Waals surface area contributed by atoms with Crippen LogP contribution < -0.4 is 10.4 Å². The van der Waals surface area contributed by atoms with Gasteiger partial charge >= 0.3 is 0 Å². The van der Waals surface area contributed by atoms with Crippen LogP contribution in [-0.2, 0) is 11.3 Å². The van der Waals surface area contributed by atoms with E-state index in [1.165, 1.54) is 0 Å². The minimum absolute atomic E-state index is 0.135. The molecule has 0 spiro atoms. The molecule has 3 N–H and O–H groups in total. The van der Waals surface area contributed by atoms with Crippen LogP contribution in [0.5, 0.6) is 0 Å². The second-order valence-electron chi connectivity index (χ2n) is 5.40. The molecule has 1 atom stereocenters. The van der Waals surface area contributed by atoms with Crippen LogP contribution in [0.25, 0.3) is 21.8 Å². The monoisotopic (exact) mass is 298 g/mol.